The third-order valence-corrected chi connectivity index (χ3v) is 6.28. The molecule has 156 valence electrons. The summed E-state index contributed by atoms with van der Waals surface area (Å²) in [7, 11) is 0. The molecule has 0 fully saturated rings. The van der Waals surface area contributed by atoms with Gasteiger partial charge in [0.15, 0.2) is 5.78 Å². The number of nitrogens with zero attached hydrogens (tertiary/aromatic N) is 2. The van der Waals surface area contributed by atoms with Crippen molar-refractivity contribution >= 4 is 17.1 Å². The number of ketones is 1. The van der Waals surface area contributed by atoms with Crippen LogP contribution in [0.1, 0.15) is 51.6 Å². The fraction of sp³-hybridized carbons (Fsp3) is 0.192. The van der Waals surface area contributed by atoms with Crippen LogP contribution in [0.25, 0.3) is 10.6 Å². The van der Waals surface area contributed by atoms with E-state index in [1.807, 2.05) is 60.7 Å². The smallest absolute Gasteiger partial charge is 0.163 e. The molecule has 1 unspecified atom stereocenters. The molecular weight excluding hydrogens is 404 g/mol. The van der Waals surface area contributed by atoms with E-state index < -0.39 is 6.10 Å². The summed E-state index contributed by atoms with van der Waals surface area (Å²) in [5.41, 5.74) is 3.62. The summed E-state index contributed by atoms with van der Waals surface area (Å²) < 4.78 is 0. The second kappa shape index (κ2) is 9.77. The van der Waals surface area contributed by atoms with Crippen LogP contribution >= 0.6 is 11.3 Å². The Balaban J connectivity index is 1.43. The standard InChI is InChI=1S/C26H24N2O2S/c1-18(29)21-9-5-6-19(16-21)17-26-27-15-14-23(28-26)25-13-11-22(31-25)10-12-24(30)20-7-3-2-4-8-20/h2-9,11,13-16,18,29H,10,12,17H2,1H3. The Kier molecular flexibility index (Phi) is 6.65. The van der Waals surface area contributed by atoms with E-state index in [4.69, 9.17) is 4.98 Å². The van der Waals surface area contributed by atoms with Gasteiger partial charge in [-0.25, -0.2) is 9.97 Å². The van der Waals surface area contributed by atoms with E-state index in [9.17, 15) is 9.90 Å². The minimum atomic E-state index is -0.495. The molecule has 2 aromatic heterocycles. The van der Waals surface area contributed by atoms with E-state index in [-0.39, 0.29) is 5.78 Å². The molecule has 4 aromatic rings. The largest absolute Gasteiger partial charge is 0.389 e. The van der Waals surface area contributed by atoms with E-state index in [0.717, 1.165) is 39.5 Å². The van der Waals surface area contributed by atoms with Crippen molar-refractivity contribution in [2.24, 2.45) is 0 Å². The number of aliphatic hydroxyl groups is 1. The maximum Gasteiger partial charge on any atom is 0.163 e. The van der Waals surface area contributed by atoms with Crippen molar-refractivity contribution in [2.75, 3.05) is 0 Å². The van der Waals surface area contributed by atoms with Crippen LogP contribution in [0.4, 0.5) is 0 Å². The zero-order valence-corrected chi connectivity index (χ0v) is 18.2. The SMILES string of the molecule is CC(O)c1cccc(Cc2nccc(-c3ccc(CCC(=O)c4ccccc4)s3)n2)c1. The van der Waals surface area contributed by atoms with Crippen molar-refractivity contribution in [2.45, 2.75) is 32.3 Å². The zero-order chi connectivity index (χ0) is 21.6. The van der Waals surface area contributed by atoms with Crippen LogP contribution < -0.4 is 0 Å². The highest BCUT2D eigenvalue weighted by Crippen LogP contribution is 2.28. The number of hydrogen-bond donors (Lipinski definition) is 1. The van der Waals surface area contributed by atoms with E-state index >= 15 is 0 Å². The Morgan fingerprint density at radius 2 is 1.87 bits per heavy atom. The average molecular weight is 429 g/mol. The molecule has 0 aliphatic rings. The summed E-state index contributed by atoms with van der Waals surface area (Å²) in [5, 5.41) is 9.80. The molecule has 1 atom stereocenters. The summed E-state index contributed by atoms with van der Waals surface area (Å²) in [5.74, 6) is 0.911. The molecule has 2 heterocycles. The highest BCUT2D eigenvalue weighted by atomic mass is 32.1. The van der Waals surface area contributed by atoms with Crippen LogP contribution in [0.2, 0.25) is 0 Å². The first kappa shape index (κ1) is 21.1. The number of aliphatic hydroxyl groups excluding tert-OH is 1. The monoisotopic (exact) mass is 428 g/mol. The van der Waals surface area contributed by atoms with Crippen LogP contribution in [0.3, 0.4) is 0 Å². The number of benzene rings is 2. The van der Waals surface area contributed by atoms with Gasteiger partial charge in [-0.2, -0.15) is 0 Å². The van der Waals surface area contributed by atoms with Crippen LogP contribution in [0.15, 0.2) is 79.0 Å². The predicted molar refractivity (Wildman–Crippen MR) is 124 cm³/mol. The first-order valence-corrected chi connectivity index (χ1v) is 11.2. The molecular formula is C26H24N2O2S. The Morgan fingerprint density at radius 1 is 1.03 bits per heavy atom. The number of aromatic nitrogens is 2. The van der Waals surface area contributed by atoms with Crippen molar-refractivity contribution in [1.29, 1.82) is 0 Å². The van der Waals surface area contributed by atoms with E-state index in [1.54, 1.807) is 24.5 Å². The predicted octanol–water partition coefficient (Wildman–Crippen LogP) is 5.66. The van der Waals surface area contributed by atoms with Crippen LogP contribution in [0, 0.1) is 0 Å². The van der Waals surface area contributed by atoms with Crippen LogP contribution in [-0.2, 0) is 12.8 Å². The van der Waals surface area contributed by atoms with Gasteiger partial charge in [-0.15, -0.1) is 11.3 Å². The molecule has 0 spiro atoms. The molecule has 0 saturated heterocycles. The maximum atomic E-state index is 12.3. The fourth-order valence-electron chi connectivity index (χ4n) is 3.42. The normalized spacial score (nSPS) is 11.9. The van der Waals surface area contributed by atoms with Gasteiger partial charge >= 0.3 is 0 Å². The van der Waals surface area contributed by atoms with Gasteiger partial charge in [-0.1, -0.05) is 54.6 Å². The lowest BCUT2D eigenvalue weighted by Gasteiger charge is -2.07. The van der Waals surface area contributed by atoms with Crippen LogP contribution in [-0.4, -0.2) is 20.9 Å². The lowest BCUT2D eigenvalue weighted by Crippen LogP contribution is -1.99. The molecule has 0 amide bonds. The van der Waals surface area contributed by atoms with Crippen molar-refractivity contribution in [3.8, 4) is 10.6 Å². The Labute approximate surface area is 186 Å². The van der Waals surface area contributed by atoms with Gasteiger partial charge < -0.3 is 5.11 Å². The molecule has 4 rings (SSSR count). The van der Waals surface area contributed by atoms with Crippen molar-refractivity contribution in [3.63, 3.8) is 0 Å². The minimum absolute atomic E-state index is 0.166. The maximum absolute atomic E-state index is 12.3. The molecule has 1 N–H and O–H groups in total. The lowest BCUT2D eigenvalue weighted by molar-refractivity contribution is 0.0983. The summed E-state index contributed by atoms with van der Waals surface area (Å²) in [6, 6.07) is 23.4. The van der Waals surface area contributed by atoms with Crippen LogP contribution in [0.5, 0.6) is 0 Å². The van der Waals surface area contributed by atoms with Gasteiger partial charge in [0.2, 0.25) is 0 Å². The van der Waals surface area contributed by atoms with Gasteiger partial charge in [0, 0.05) is 29.5 Å². The highest BCUT2D eigenvalue weighted by Gasteiger charge is 2.10. The van der Waals surface area contributed by atoms with E-state index in [0.29, 0.717) is 12.8 Å². The Hall–Kier alpha value is -3.15. The topological polar surface area (TPSA) is 63.1 Å². The number of carbonyl (C=O) groups is 1. The summed E-state index contributed by atoms with van der Waals surface area (Å²) >= 11 is 1.67. The van der Waals surface area contributed by atoms with Gasteiger partial charge in [0.05, 0.1) is 16.7 Å². The number of carbonyl (C=O) groups excluding carboxylic acids is 1. The van der Waals surface area contributed by atoms with Gasteiger partial charge in [-0.05, 0) is 42.7 Å². The summed E-state index contributed by atoms with van der Waals surface area (Å²) in [4.78, 5) is 23.8. The molecule has 0 aliphatic carbocycles. The average Bonchev–Trinajstić information content (AvgIpc) is 3.27. The Bertz CT molecular complexity index is 1170. The Morgan fingerprint density at radius 3 is 2.68 bits per heavy atom. The third-order valence-electron chi connectivity index (χ3n) is 5.11. The van der Waals surface area contributed by atoms with Crippen molar-refractivity contribution in [3.05, 3.63) is 106 Å². The minimum Gasteiger partial charge on any atom is -0.389 e. The molecule has 0 radical (unpaired) electrons. The van der Waals surface area contributed by atoms with Gasteiger partial charge in [0.1, 0.15) is 5.82 Å². The molecule has 0 aliphatic heterocycles. The van der Waals surface area contributed by atoms with Gasteiger partial charge in [0.25, 0.3) is 0 Å². The quantitative estimate of drug-likeness (QED) is 0.368. The number of aryl methyl sites for hydroxylation is 1. The molecule has 4 nitrogen and oxygen atoms in total. The lowest BCUT2D eigenvalue weighted by atomic mass is 10.0. The summed E-state index contributed by atoms with van der Waals surface area (Å²) in [6.45, 7) is 1.76. The third kappa shape index (κ3) is 5.51. The number of hydrogen-bond acceptors (Lipinski definition) is 5. The number of thiophene rings is 1. The summed E-state index contributed by atoms with van der Waals surface area (Å²) in [6.07, 6.45) is 3.12. The first-order valence-electron chi connectivity index (χ1n) is 10.3. The van der Waals surface area contributed by atoms with Gasteiger partial charge in [-0.3, -0.25) is 4.79 Å². The van der Waals surface area contributed by atoms with Crippen molar-refractivity contribution in [1.82, 2.24) is 9.97 Å². The van der Waals surface area contributed by atoms with E-state index in [2.05, 4.69) is 17.1 Å². The molecule has 0 bridgehead atoms. The highest BCUT2D eigenvalue weighted by molar-refractivity contribution is 7.15. The second-order valence-corrected chi connectivity index (χ2v) is 8.68. The molecule has 31 heavy (non-hydrogen) atoms. The first-order chi connectivity index (χ1) is 15.1. The van der Waals surface area contributed by atoms with E-state index in [1.165, 1.54) is 4.88 Å². The fourth-order valence-corrected chi connectivity index (χ4v) is 4.40. The zero-order valence-electron chi connectivity index (χ0n) is 17.4. The second-order valence-electron chi connectivity index (χ2n) is 7.51. The molecule has 2 aromatic carbocycles. The number of Topliss-reactive ketones (excluding diaryl/α,β-unsaturated/α-hetero) is 1. The molecule has 5 heteroatoms. The number of rotatable bonds is 8. The van der Waals surface area contributed by atoms with Crippen molar-refractivity contribution < 1.29 is 9.90 Å². The molecule has 0 saturated carbocycles.